The number of benzene rings is 1. The van der Waals surface area contributed by atoms with Crippen LogP contribution in [0.25, 0.3) is 0 Å². The van der Waals surface area contributed by atoms with E-state index in [1.165, 1.54) is 57.4 Å². The van der Waals surface area contributed by atoms with Crippen molar-refractivity contribution in [2.45, 2.75) is 51.4 Å². The van der Waals surface area contributed by atoms with Gasteiger partial charge in [0.2, 0.25) is 0 Å². The fourth-order valence-corrected chi connectivity index (χ4v) is 3.31. The Balaban J connectivity index is 1.73. The molecule has 27 heavy (non-hydrogen) atoms. The van der Waals surface area contributed by atoms with Crippen LogP contribution in [0.2, 0.25) is 0 Å². The molecule has 0 unspecified atom stereocenters. The molecular weight excluding hydrogens is 352 g/mol. The lowest BCUT2D eigenvalue weighted by atomic mass is 9.86. The van der Waals surface area contributed by atoms with Crippen LogP contribution in [-0.4, -0.2) is 30.5 Å². The maximum atomic E-state index is 11.9. The van der Waals surface area contributed by atoms with Crippen molar-refractivity contribution in [3.05, 3.63) is 28.3 Å². The van der Waals surface area contributed by atoms with E-state index in [2.05, 4.69) is 5.32 Å². The minimum absolute atomic E-state index is 0.0270. The predicted octanol–water partition coefficient (Wildman–Crippen LogP) is 3.84. The van der Waals surface area contributed by atoms with Gasteiger partial charge in [-0.05, 0) is 30.9 Å². The molecule has 0 atom stereocenters. The molecule has 1 aliphatic carbocycles. The Morgan fingerprint density at radius 2 is 2.00 bits per heavy atom. The Bertz CT molecular complexity index is 670. The van der Waals surface area contributed by atoms with Crippen molar-refractivity contribution in [2.75, 3.05) is 19.0 Å². The summed E-state index contributed by atoms with van der Waals surface area (Å²) in [7, 11) is 1.39. The van der Waals surface area contributed by atoms with Crippen LogP contribution in [-0.2, 0) is 14.3 Å². The second-order valence-electron chi connectivity index (χ2n) is 6.75. The number of carbonyl (C=O) groups is 2. The van der Waals surface area contributed by atoms with Gasteiger partial charge in [0.15, 0.2) is 6.61 Å². The van der Waals surface area contributed by atoms with Crippen molar-refractivity contribution in [1.29, 1.82) is 0 Å². The number of nitrogens with zero attached hydrogens (tertiary/aromatic N) is 1. The molecule has 1 N–H and O–H groups in total. The van der Waals surface area contributed by atoms with Gasteiger partial charge >= 0.3 is 5.97 Å². The zero-order valence-corrected chi connectivity index (χ0v) is 15.6. The van der Waals surface area contributed by atoms with Crippen LogP contribution >= 0.6 is 0 Å². The topological polar surface area (TPSA) is 108 Å². The largest absolute Gasteiger partial charge is 0.496 e. The summed E-state index contributed by atoms with van der Waals surface area (Å²) in [5, 5.41) is 13.5. The summed E-state index contributed by atoms with van der Waals surface area (Å²) in [5.74, 6) is -0.0383. The number of nitro groups is 1. The molecule has 0 saturated heterocycles. The average Bonchev–Trinajstić information content (AvgIpc) is 2.67. The highest BCUT2D eigenvalue weighted by atomic mass is 16.6. The van der Waals surface area contributed by atoms with E-state index in [1.807, 2.05) is 0 Å². The van der Waals surface area contributed by atoms with E-state index in [0.717, 1.165) is 12.8 Å². The first-order valence-corrected chi connectivity index (χ1v) is 9.27. The minimum Gasteiger partial charge on any atom is -0.496 e. The summed E-state index contributed by atoms with van der Waals surface area (Å²) >= 11 is 0. The van der Waals surface area contributed by atoms with E-state index >= 15 is 0 Å². The Morgan fingerprint density at radius 1 is 1.26 bits per heavy atom. The molecule has 8 heteroatoms. The van der Waals surface area contributed by atoms with Crippen LogP contribution in [0.3, 0.4) is 0 Å². The van der Waals surface area contributed by atoms with Crippen LogP contribution in [0.4, 0.5) is 11.4 Å². The molecule has 1 saturated carbocycles. The van der Waals surface area contributed by atoms with Gasteiger partial charge in [-0.2, -0.15) is 0 Å². The lowest BCUT2D eigenvalue weighted by molar-refractivity contribution is -0.384. The third kappa shape index (κ3) is 6.88. The summed E-state index contributed by atoms with van der Waals surface area (Å²) in [6, 6.07) is 4.09. The van der Waals surface area contributed by atoms with E-state index in [-0.39, 0.29) is 17.8 Å². The van der Waals surface area contributed by atoms with Gasteiger partial charge < -0.3 is 14.8 Å². The number of carbonyl (C=O) groups excluding carboxylic acids is 2. The Morgan fingerprint density at radius 3 is 2.67 bits per heavy atom. The van der Waals surface area contributed by atoms with Crippen molar-refractivity contribution in [3.8, 4) is 5.75 Å². The van der Waals surface area contributed by atoms with Crippen molar-refractivity contribution in [3.63, 3.8) is 0 Å². The molecule has 0 bridgehead atoms. The van der Waals surface area contributed by atoms with Crippen molar-refractivity contribution >= 4 is 23.3 Å². The number of nitro benzene ring substituents is 1. The number of amides is 1. The number of nitrogens with one attached hydrogen (secondary N) is 1. The number of hydrogen-bond donors (Lipinski definition) is 1. The Kier molecular flexibility index (Phi) is 8.03. The highest BCUT2D eigenvalue weighted by molar-refractivity contribution is 5.95. The summed E-state index contributed by atoms with van der Waals surface area (Å²) in [4.78, 5) is 34.2. The normalized spacial score (nSPS) is 14.4. The summed E-state index contributed by atoms with van der Waals surface area (Å²) in [6.45, 7) is -0.467. The highest BCUT2D eigenvalue weighted by Crippen LogP contribution is 2.29. The van der Waals surface area contributed by atoms with E-state index in [4.69, 9.17) is 9.47 Å². The minimum atomic E-state index is -0.621. The van der Waals surface area contributed by atoms with Gasteiger partial charge in [0.1, 0.15) is 11.4 Å². The van der Waals surface area contributed by atoms with E-state index in [1.54, 1.807) is 0 Å². The predicted molar refractivity (Wildman–Crippen MR) is 99.7 cm³/mol. The maximum absolute atomic E-state index is 11.9. The average molecular weight is 378 g/mol. The summed E-state index contributed by atoms with van der Waals surface area (Å²) in [5.41, 5.74) is -0.263. The molecule has 8 nitrogen and oxygen atoms in total. The lowest BCUT2D eigenvalue weighted by Crippen LogP contribution is -2.21. The van der Waals surface area contributed by atoms with Crippen molar-refractivity contribution in [1.82, 2.24) is 0 Å². The van der Waals surface area contributed by atoms with E-state index in [0.29, 0.717) is 11.7 Å². The lowest BCUT2D eigenvalue weighted by Gasteiger charge is -2.20. The first-order chi connectivity index (χ1) is 13.0. The van der Waals surface area contributed by atoms with Crippen LogP contribution in [0.5, 0.6) is 5.75 Å². The van der Waals surface area contributed by atoms with Crippen molar-refractivity contribution in [2.24, 2.45) is 5.92 Å². The first-order valence-electron chi connectivity index (χ1n) is 9.27. The number of rotatable bonds is 9. The van der Waals surface area contributed by atoms with Crippen LogP contribution in [0.15, 0.2) is 18.2 Å². The standard InChI is InChI=1S/C19H26N2O6/c1-26-15-10-11-16(17(12-15)21(24)25)20-18(22)13-27-19(23)9-5-8-14-6-3-2-4-7-14/h10-12,14H,2-9,13H2,1H3,(H,20,22). The van der Waals surface area contributed by atoms with Crippen LogP contribution in [0, 0.1) is 16.0 Å². The second-order valence-corrected chi connectivity index (χ2v) is 6.75. The van der Waals surface area contributed by atoms with E-state index < -0.39 is 23.4 Å². The Labute approximate surface area is 158 Å². The molecule has 1 aromatic carbocycles. The molecular formula is C19H26N2O6. The van der Waals surface area contributed by atoms with Gasteiger partial charge in [-0.3, -0.25) is 19.7 Å². The molecule has 0 aliphatic heterocycles. The van der Waals surface area contributed by atoms with Crippen LogP contribution in [0.1, 0.15) is 51.4 Å². The second kappa shape index (κ2) is 10.5. The number of anilines is 1. The maximum Gasteiger partial charge on any atom is 0.306 e. The van der Waals surface area contributed by atoms with Gasteiger partial charge in [0, 0.05) is 6.42 Å². The molecule has 0 aromatic heterocycles. The quantitative estimate of drug-likeness (QED) is 0.397. The third-order valence-corrected chi connectivity index (χ3v) is 4.76. The SMILES string of the molecule is COc1ccc(NC(=O)COC(=O)CCCC2CCCCC2)c([N+](=O)[O-])c1. The first kappa shape index (κ1) is 20.7. The fraction of sp³-hybridized carbons (Fsp3) is 0.579. The number of esters is 1. The third-order valence-electron chi connectivity index (χ3n) is 4.76. The van der Waals surface area contributed by atoms with Crippen LogP contribution < -0.4 is 10.1 Å². The molecule has 1 aromatic rings. The number of ether oxygens (including phenoxy) is 2. The van der Waals surface area contributed by atoms with E-state index in [9.17, 15) is 19.7 Å². The monoisotopic (exact) mass is 378 g/mol. The van der Waals surface area contributed by atoms with Gasteiger partial charge in [0.25, 0.3) is 11.6 Å². The highest BCUT2D eigenvalue weighted by Gasteiger charge is 2.18. The molecule has 0 spiro atoms. The van der Waals surface area contributed by atoms with Crippen molar-refractivity contribution < 1.29 is 24.0 Å². The fourth-order valence-electron chi connectivity index (χ4n) is 3.31. The van der Waals surface area contributed by atoms with Gasteiger partial charge in [-0.25, -0.2) is 0 Å². The molecule has 1 aliphatic rings. The molecule has 0 heterocycles. The number of methoxy groups -OCH3 is 1. The molecule has 0 radical (unpaired) electrons. The smallest absolute Gasteiger partial charge is 0.306 e. The summed E-state index contributed by atoms with van der Waals surface area (Å²) < 4.78 is 9.90. The molecule has 148 valence electrons. The van der Waals surface area contributed by atoms with Gasteiger partial charge in [0.05, 0.1) is 18.1 Å². The van der Waals surface area contributed by atoms with Gasteiger partial charge in [-0.15, -0.1) is 0 Å². The Hall–Kier alpha value is -2.64. The molecule has 1 amide bonds. The number of hydrogen-bond acceptors (Lipinski definition) is 6. The molecule has 2 rings (SSSR count). The molecule has 1 fully saturated rings. The zero-order valence-electron chi connectivity index (χ0n) is 15.6. The summed E-state index contributed by atoms with van der Waals surface area (Å²) in [6.07, 6.45) is 8.37. The zero-order chi connectivity index (χ0) is 19.6. The van der Waals surface area contributed by atoms with Gasteiger partial charge in [-0.1, -0.05) is 32.1 Å².